The number of anilines is 1. The minimum absolute atomic E-state index is 0.197. The van der Waals surface area contributed by atoms with Gasteiger partial charge in [-0.3, -0.25) is 0 Å². The first kappa shape index (κ1) is 15.3. The second kappa shape index (κ2) is 6.42. The Bertz CT molecular complexity index is 414. The molecule has 1 aromatic carbocycles. The van der Waals surface area contributed by atoms with Crippen molar-refractivity contribution in [2.75, 3.05) is 11.9 Å². The number of urea groups is 1. The lowest BCUT2D eigenvalue weighted by Crippen LogP contribution is -2.39. The maximum absolute atomic E-state index is 12.3. The van der Waals surface area contributed by atoms with Gasteiger partial charge in [-0.2, -0.15) is 13.2 Å². The van der Waals surface area contributed by atoms with Crippen LogP contribution >= 0.6 is 0 Å². The molecule has 0 fully saturated rings. The first-order valence-corrected chi connectivity index (χ1v) is 5.72. The van der Waals surface area contributed by atoms with Crippen LogP contribution in [0.25, 0.3) is 0 Å². The summed E-state index contributed by atoms with van der Waals surface area (Å²) in [5, 5.41) is 13.8. The molecule has 19 heavy (non-hydrogen) atoms. The van der Waals surface area contributed by atoms with Crippen LogP contribution in [0, 0.1) is 0 Å². The average Bonchev–Trinajstić information content (AvgIpc) is 2.35. The van der Waals surface area contributed by atoms with Crippen molar-refractivity contribution in [1.29, 1.82) is 0 Å². The van der Waals surface area contributed by atoms with E-state index in [1.165, 1.54) is 12.1 Å². The SMILES string of the molecule is CCC(CO)NC(=O)Nc1ccc(C(F)(F)F)cc1. The molecule has 1 aromatic rings. The normalized spacial score (nSPS) is 12.9. The fourth-order valence-corrected chi connectivity index (χ4v) is 1.37. The Balaban J connectivity index is 2.61. The molecular weight excluding hydrogens is 261 g/mol. The molecule has 7 heteroatoms. The summed E-state index contributed by atoms with van der Waals surface area (Å²) in [7, 11) is 0. The number of amides is 2. The molecule has 1 unspecified atom stereocenters. The van der Waals surface area contributed by atoms with Crippen LogP contribution in [0.3, 0.4) is 0 Å². The molecule has 3 N–H and O–H groups in total. The third-order valence-electron chi connectivity index (χ3n) is 2.52. The van der Waals surface area contributed by atoms with Crippen LogP contribution in [0.2, 0.25) is 0 Å². The molecule has 0 bridgehead atoms. The van der Waals surface area contributed by atoms with E-state index in [0.717, 1.165) is 12.1 Å². The number of rotatable bonds is 4. The molecule has 2 amide bonds. The highest BCUT2D eigenvalue weighted by molar-refractivity contribution is 5.89. The second-order valence-corrected chi connectivity index (χ2v) is 3.96. The fourth-order valence-electron chi connectivity index (χ4n) is 1.37. The summed E-state index contributed by atoms with van der Waals surface area (Å²) >= 11 is 0. The van der Waals surface area contributed by atoms with Gasteiger partial charge in [-0.15, -0.1) is 0 Å². The van der Waals surface area contributed by atoms with Crippen LogP contribution in [-0.4, -0.2) is 23.8 Å². The highest BCUT2D eigenvalue weighted by Crippen LogP contribution is 2.29. The van der Waals surface area contributed by atoms with Gasteiger partial charge in [0.15, 0.2) is 0 Å². The van der Waals surface area contributed by atoms with Gasteiger partial charge < -0.3 is 15.7 Å². The van der Waals surface area contributed by atoms with E-state index in [1.54, 1.807) is 6.92 Å². The molecule has 0 spiro atoms. The van der Waals surface area contributed by atoms with Gasteiger partial charge in [0.05, 0.1) is 18.2 Å². The molecule has 106 valence electrons. The molecule has 0 heterocycles. The lowest BCUT2D eigenvalue weighted by molar-refractivity contribution is -0.137. The average molecular weight is 276 g/mol. The third kappa shape index (κ3) is 4.78. The zero-order valence-corrected chi connectivity index (χ0v) is 10.3. The molecule has 0 saturated carbocycles. The Labute approximate surface area is 108 Å². The van der Waals surface area contributed by atoms with Crippen LogP contribution in [0.1, 0.15) is 18.9 Å². The summed E-state index contributed by atoms with van der Waals surface area (Å²) < 4.78 is 37.0. The van der Waals surface area contributed by atoms with Crippen molar-refractivity contribution in [2.45, 2.75) is 25.6 Å². The van der Waals surface area contributed by atoms with E-state index in [0.29, 0.717) is 6.42 Å². The smallest absolute Gasteiger partial charge is 0.394 e. The quantitative estimate of drug-likeness (QED) is 0.791. The highest BCUT2D eigenvalue weighted by Gasteiger charge is 2.29. The van der Waals surface area contributed by atoms with E-state index in [4.69, 9.17) is 5.11 Å². The standard InChI is InChI=1S/C12H15F3N2O2/c1-2-9(7-18)16-11(19)17-10-5-3-8(4-6-10)12(13,14)15/h3-6,9,18H,2,7H2,1H3,(H2,16,17,19). The molecule has 0 aromatic heterocycles. The first-order valence-electron chi connectivity index (χ1n) is 5.72. The lowest BCUT2D eigenvalue weighted by atomic mass is 10.2. The number of benzene rings is 1. The van der Waals surface area contributed by atoms with Gasteiger partial charge in [-0.05, 0) is 30.7 Å². The van der Waals surface area contributed by atoms with Crippen molar-refractivity contribution in [3.05, 3.63) is 29.8 Å². The second-order valence-electron chi connectivity index (χ2n) is 3.96. The monoisotopic (exact) mass is 276 g/mol. The van der Waals surface area contributed by atoms with Crippen molar-refractivity contribution in [1.82, 2.24) is 5.32 Å². The van der Waals surface area contributed by atoms with Crippen LogP contribution in [-0.2, 0) is 6.18 Å². The Morgan fingerprint density at radius 3 is 2.32 bits per heavy atom. The number of carbonyl (C=O) groups excluding carboxylic acids is 1. The Morgan fingerprint density at radius 2 is 1.89 bits per heavy atom. The predicted molar refractivity (Wildman–Crippen MR) is 64.8 cm³/mol. The van der Waals surface area contributed by atoms with E-state index in [1.807, 2.05) is 0 Å². The first-order chi connectivity index (χ1) is 8.86. The molecule has 0 aliphatic rings. The number of nitrogens with one attached hydrogen (secondary N) is 2. The van der Waals surface area contributed by atoms with E-state index in [-0.39, 0.29) is 18.3 Å². The number of alkyl halides is 3. The largest absolute Gasteiger partial charge is 0.416 e. The number of carbonyl (C=O) groups is 1. The highest BCUT2D eigenvalue weighted by atomic mass is 19.4. The van der Waals surface area contributed by atoms with Gasteiger partial charge in [0.25, 0.3) is 0 Å². The Morgan fingerprint density at radius 1 is 1.32 bits per heavy atom. The van der Waals surface area contributed by atoms with Crippen LogP contribution in [0.15, 0.2) is 24.3 Å². The summed E-state index contributed by atoms with van der Waals surface area (Å²) in [6.07, 6.45) is -3.85. The van der Waals surface area contributed by atoms with E-state index in [2.05, 4.69) is 10.6 Å². The minimum atomic E-state index is -4.40. The Kier molecular flexibility index (Phi) is 5.17. The van der Waals surface area contributed by atoms with Gasteiger partial charge >= 0.3 is 12.2 Å². The third-order valence-corrected chi connectivity index (χ3v) is 2.52. The molecule has 1 atom stereocenters. The topological polar surface area (TPSA) is 61.4 Å². The maximum atomic E-state index is 12.3. The molecule has 4 nitrogen and oxygen atoms in total. The van der Waals surface area contributed by atoms with Gasteiger partial charge in [-0.25, -0.2) is 4.79 Å². The number of aliphatic hydroxyl groups is 1. The van der Waals surface area contributed by atoms with Crippen molar-refractivity contribution in [3.63, 3.8) is 0 Å². The molecule has 1 rings (SSSR count). The zero-order valence-electron chi connectivity index (χ0n) is 10.3. The molecule has 0 aliphatic carbocycles. The molecule has 0 saturated heterocycles. The summed E-state index contributed by atoms with van der Waals surface area (Å²) in [4.78, 5) is 11.5. The molecule has 0 aliphatic heterocycles. The number of aliphatic hydroxyl groups excluding tert-OH is 1. The number of hydrogen-bond acceptors (Lipinski definition) is 2. The van der Waals surface area contributed by atoms with Gasteiger partial charge in [-0.1, -0.05) is 6.92 Å². The van der Waals surface area contributed by atoms with Crippen LogP contribution < -0.4 is 10.6 Å². The minimum Gasteiger partial charge on any atom is -0.394 e. The summed E-state index contributed by atoms with van der Waals surface area (Å²) in [5.41, 5.74) is -0.529. The lowest BCUT2D eigenvalue weighted by Gasteiger charge is -2.15. The molecule has 0 radical (unpaired) electrons. The summed E-state index contributed by atoms with van der Waals surface area (Å²) in [6, 6.07) is 3.16. The van der Waals surface area contributed by atoms with Crippen molar-refractivity contribution >= 4 is 11.7 Å². The van der Waals surface area contributed by atoms with Gasteiger partial charge in [0, 0.05) is 5.69 Å². The van der Waals surface area contributed by atoms with E-state index in [9.17, 15) is 18.0 Å². The van der Waals surface area contributed by atoms with E-state index >= 15 is 0 Å². The maximum Gasteiger partial charge on any atom is 0.416 e. The number of hydrogen-bond donors (Lipinski definition) is 3. The van der Waals surface area contributed by atoms with Crippen molar-refractivity contribution in [2.24, 2.45) is 0 Å². The summed E-state index contributed by atoms with van der Waals surface area (Å²) in [6.45, 7) is 1.59. The van der Waals surface area contributed by atoms with Crippen molar-refractivity contribution in [3.8, 4) is 0 Å². The van der Waals surface area contributed by atoms with Gasteiger partial charge in [0.2, 0.25) is 0 Å². The summed E-state index contributed by atoms with van der Waals surface area (Å²) in [5.74, 6) is 0. The van der Waals surface area contributed by atoms with Crippen molar-refractivity contribution < 1.29 is 23.1 Å². The van der Waals surface area contributed by atoms with Gasteiger partial charge in [0.1, 0.15) is 0 Å². The van der Waals surface area contributed by atoms with E-state index < -0.39 is 17.8 Å². The van der Waals surface area contributed by atoms with Crippen LogP contribution in [0.5, 0.6) is 0 Å². The van der Waals surface area contributed by atoms with Crippen LogP contribution in [0.4, 0.5) is 23.7 Å². The number of halogens is 3. The molecular formula is C12H15F3N2O2. The zero-order chi connectivity index (χ0) is 14.5. The Hall–Kier alpha value is -1.76. The fraction of sp³-hybridized carbons (Fsp3) is 0.417. The predicted octanol–water partition coefficient (Wildman–Crippen LogP) is 2.60.